The molecule has 0 fully saturated rings. The Morgan fingerprint density at radius 1 is 1.00 bits per heavy atom. The van der Waals surface area contributed by atoms with Crippen LogP contribution in [-0.2, 0) is 25.3 Å². The van der Waals surface area contributed by atoms with Crippen LogP contribution in [-0.4, -0.2) is 10.1 Å². The molecule has 0 saturated heterocycles. The number of aromatic nitrogens is 2. The van der Waals surface area contributed by atoms with Gasteiger partial charge in [-0.15, -0.1) is 0 Å². The van der Waals surface area contributed by atoms with E-state index in [-0.39, 0.29) is 24.2 Å². The van der Waals surface area contributed by atoms with E-state index >= 15 is 0 Å². The van der Waals surface area contributed by atoms with Crippen molar-refractivity contribution in [3.63, 3.8) is 0 Å². The van der Waals surface area contributed by atoms with Crippen molar-refractivity contribution >= 4 is 5.69 Å². The van der Waals surface area contributed by atoms with E-state index in [1.165, 1.54) is 0 Å². The molecule has 0 aliphatic rings. The molecule has 0 spiro atoms. The summed E-state index contributed by atoms with van der Waals surface area (Å²) in [6.07, 6.45) is -9.29. The molecule has 0 aliphatic carbocycles. The fourth-order valence-corrected chi connectivity index (χ4v) is 1.74. The topological polar surface area (TPSA) is 51.0 Å². The van der Waals surface area contributed by atoms with E-state index in [2.05, 4.69) is 15.5 Å². The van der Waals surface area contributed by atoms with Crippen molar-refractivity contribution in [2.45, 2.75) is 32.2 Å². The molecule has 0 atom stereocenters. The summed E-state index contributed by atoms with van der Waals surface area (Å²) in [5.74, 6) is 0.453. The lowest BCUT2D eigenvalue weighted by Gasteiger charge is -2.14. The van der Waals surface area contributed by atoms with Crippen LogP contribution in [0, 0.1) is 0 Å². The van der Waals surface area contributed by atoms with Gasteiger partial charge in [0.1, 0.15) is 0 Å². The first-order chi connectivity index (χ1) is 10.6. The number of hydrogen-bond acceptors (Lipinski definition) is 4. The molecule has 0 aliphatic heterocycles. The van der Waals surface area contributed by atoms with E-state index in [4.69, 9.17) is 4.52 Å². The van der Waals surface area contributed by atoms with Gasteiger partial charge < -0.3 is 9.84 Å². The molecule has 0 unspecified atom stereocenters. The Kier molecular flexibility index (Phi) is 4.53. The van der Waals surface area contributed by atoms with Gasteiger partial charge in [0.25, 0.3) is 0 Å². The summed E-state index contributed by atoms with van der Waals surface area (Å²) in [6.45, 7) is 1.58. The van der Waals surface area contributed by atoms with Crippen LogP contribution in [0.5, 0.6) is 0 Å². The molecular weight excluding hydrogens is 328 g/mol. The van der Waals surface area contributed by atoms with E-state index in [9.17, 15) is 26.3 Å². The average Bonchev–Trinajstić information content (AvgIpc) is 2.91. The quantitative estimate of drug-likeness (QED) is 0.845. The number of hydrogen-bond donors (Lipinski definition) is 1. The number of alkyl halides is 6. The summed E-state index contributed by atoms with van der Waals surface area (Å²) in [7, 11) is 0. The summed E-state index contributed by atoms with van der Waals surface area (Å²) in [5, 5.41) is 6.00. The second kappa shape index (κ2) is 6.09. The van der Waals surface area contributed by atoms with E-state index in [0.717, 1.165) is 0 Å². The largest absolute Gasteiger partial charge is 0.416 e. The molecule has 10 heteroatoms. The summed E-state index contributed by atoms with van der Waals surface area (Å²) in [6, 6.07) is 1.24. The molecule has 1 aromatic heterocycles. The van der Waals surface area contributed by atoms with Crippen molar-refractivity contribution in [1.82, 2.24) is 10.1 Å². The Morgan fingerprint density at radius 3 is 2.00 bits per heavy atom. The van der Waals surface area contributed by atoms with Crippen molar-refractivity contribution in [3.8, 4) is 0 Å². The van der Waals surface area contributed by atoms with Gasteiger partial charge in [-0.05, 0) is 18.2 Å². The fourth-order valence-electron chi connectivity index (χ4n) is 1.74. The molecule has 2 aromatic rings. The van der Waals surface area contributed by atoms with Crippen LogP contribution < -0.4 is 5.32 Å². The molecule has 2 rings (SSSR count). The lowest BCUT2D eigenvalue weighted by Crippen LogP contribution is -2.12. The molecule has 23 heavy (non-hydrogen) atoms. The maximum Gasteiger partial charge on any atom is 0.416 e. The highest BCUT2D eigenvalue weighted by molar-refractivity contribution is 5.50. The van der Waals surface area contributed by atoms with Gasteiger partial charge in [-0.2, -0.15) is 31.3 Å². The Labute approximate surface area is 126 Å². The Hall–Kier alpha value is -2.26. The first-order valence-electron chi connectivity index (χ1n) is 6.44. The minimum absolute atomic E-state index is 0.0626. The van der Waals surface area contributed by atoms with Gasteiger partial charge in [0.15, 0.2) is 5.82 Å². The van der Waals surface area contributed by atoms with Gasteiger partial charge >= 0.3 is 12.4 Å². The van der Waals surface area contributed by atoms with E-state index in [1.54, 1.807) is 6.92 Å². The highest BCUT2D eigenvalue weighted by Gasteiger charge is 2.36. The van der Waals surface area contributed by atoms with Crippen molar-refractivity contribution in [2.75, 3.05) is 5.32 Å². The molecule has 0 amide bonds. The summed E-state index contributed by atoms with van der Waals surface area (Å²) < 4.78 is 81.1. The van der Waals surface area contributed by atoms with Crippen LogP contribution in [0.1, 0.15) is 29.8 Å². The molecule has 0 radical (unpaired) electrons. The Morgan fingerprint density at radius 2 is 1.57 bits per heavy atom. The summed E-state index contributed by atoms with van der Waals surface area (Å²) >= 11 is 0. The zero-order chi connectivity index (χ0) is 17.3. The first-order valence-corrected chi connectivity index (χ1v) is 6.44. The fraction of sp³-hybridized carbons (Fsp3) is 0.385. The van der Waals surface area contributed by atoms with Crippen molar-refractivity contribution in [1.29, 1.82) is 0 Å². The van der Waals surface area contributed by atoms with Gasteiger partial charge in [0, 0.05) is 12.1 Å². The third-order valence-corrected chi connectivity index (χ3v) is 2.86. The molecule has 1 aromatic carbocycles. The number of aryl methyl sites for hydroxylation is 1. The minimum Gasteiger partial charge on any atom is -0.376 e. The van der Waals surface area contributed by atoms with Crippen LogP contribution in [0.2, 0.25) is 0 Å². The minimum atomic E-state index is -4.89. The van der Waals surface area contributed by atoms with E-state index in [0.29, 0.717) is 24.4 Å². The van der Waals surface area contributed by atoms with Gasteiger partial charge in [0.05, 0.1) is 17.7 Å². The van der Waals surface area contributed by atoms with Crippen LogP contribution in [0.25, 0.3) is 0 Å². The summed E-state index contributed by atoms with van der Waals surface area (Å²) in [5.41, 5.74) is -3.13. The van der Waals surface area contributed by atoms with Crippen molar-refractivity contribution in [3.05, 3.63) is 41.0 Å². The highest BCUT2D eigenvalue weighted by atomic mass is 19.4. The lowest BCUT2D eigenvalue weighted by molar-refractivity contribution is -0.143. The molecule has 1 N–H and O–H groups in total. The molecule has 0 saturated carbocycles. The molecule has 1 heterocycles. The normalized spacial score (nSPS) is 12.5. The molecule has 4 nitrogen and oxygen atoms in total. The predicted octanol–water partition coefficient (Wildman–Crippen LogP) is 4.28. The van der Waals surface area contributed by atoms with Crippen LogP contribution in [0.3, 0.4) is 0 Å². The Bertz CT molecular complexity index is 645. The zero-order valence-electron chi connectivity index (χ0n) is 11.7. The maximum atomic E-state index is 12.7. The standard InChI is InChI=1S/C13H11F6N3O/c1-2-10-21-11(23-22-10)6-20-9-4-7(12(14,15)16)3-8(5-9)13(17,18)19/h3-5,20H,2,6H2,1H3. The molecule has 0 bridgehead atoms. The number of nitrogens with one attached hydrogen (secondary N) is 1. The van der Waals surface area contributed by atoms with E-state index < -0.39 is 23.5 Å². The van der Waals surface area contributed by atoms with Gasteiger partial charge in [-0.25, -0.2) is 0 Å². The van der Waals surface area contributed by atoms with Gasteiger partial charge in [-0.3, -0.25) is 0 Å². The smallest absolute Gasteiger partial charge is 0.376 e. The van der Waals surface area contributed by atoms with Crippen LogP contribution in [0.15, 0.2) is 22.7 Å². The molecule has 126 valence electrons. The zero-order valence-corrected chi connectivity index (χ0v) is 11.7. The number of halogens is 6. The SMILES string of the molecule is CCc1noc(CNc2cc(C(F)(F)F)cc(C(F)(F)F)c2)n1. The van der Waals surface area contributed by atoms with Gasteiger partial charge in [0.2, 0.25) is 5.89 Å². The maximum absolute atomic E-state index is 12.7. The Balaban J connectivity index is 2.26. The number of rotatable bonds is 4. The first kappa shape index (κ1) is 17.1. The second-order valence-corrected chi connectivity index (χ2v) is 4.61. The average molecular weight is 339 g/mol. The third-order valence-electron chi connectivity index (χ3n) is 2.86. The second-order valence-electron chi connectivity index (χ2n) is 4.61. The van der Waals surface area contributed by atoms with Crippen molar-refractivity contribution < 1.29 is 30.9 Å². The number of benzene rings is 1. The monoisotopic (exact) mass is 339 g/mol. The van der Waals surface area contributed by atoms with Crippen molar-refractivity contribution in [2.24, 2.45) is 0 Å². The predicted molar refractivity (Wildman–Crippen MR) is 67.4 cm³/mol. The van der Waals surface area contributed by atoms with Crippen LogP contribution in [0.4, 0.5) is 32.0 Å². The number of anilines is 1. The van der Waals surface area contributed by atoms with E-state index in [1.807, 2.05) is 0 Å². The summed E-state index contributed by atoms with van der Waals surface area (Å²) in [4.78, 5) is 3.90. The molecular formula is C13H11F6N3O. The third kappa shape index (κ3) is 4.36. The van der Waals surface area contributed by atoms with Crippen LogP contribution >= 0.6 is 0 Å². The lowest BCUT2D eigenvalue weighted by atomic mass is 10.1. The number of nitrogens with zero attached hydrogens (tertiary/aromatic N) is 2. The highest BCUT2D eigenvalue weighted by Crippen LogP contribution is 2.37. The van der Waals surface area contributed by atoms with Gasteiger partial charge in [-0.1, -0.05) is 12.1 Å².